The lowest BCUT2D eigenvalue weighted by molar-refractivity contribution is 0.145. The maximum atomic E-state index is 12.8. The standard InChI is InChI=1S/C21H29N5O2S/c27-17-6-9-25(10-7-17)16-11-21(28)26(22-12-16)15-3-2-8-24(13-15)14-20-23-18-4-1-5-19(18)29-20/h11-12,15,17,27H,1-10,13-14H2/t15-/m0/s1. The molecule has 1 N–H and O–H groups in total. The molecule has 0 bridgehead atoms. The molecule has 0 saturated carbocycles. The summed E-state index contributed by atoms with van der Waals surface area (Å²) in [6.07, 6.45) is 8.76. The molecular weight excluding hydrogens is 386 g/mol. The molecule has 2 aliphatic heterocycles. The van der Waals surface area contributed by atoms with Crippen LogP contribution in [0.1, 0.15) is 53.7 Å². The van der Waals surface area contributed by atoms with Crippen LogP contribution in [0.5, 0.6) is 0 Å². The summed E-state index contributed by atoms with van der Waals surface area (Å²) < 4.78 is 1.68. The van der Waals surface area contributed by atoms with Crippen LogP contribution in [0.15, 0.2) is 17.1 Å². The Morgan fingerprint density at radius 3 is 2.79 bits per heavy atom. The van der Waals surface area contributed by atoms with E-state index in [9.17, 15) is 9.90 Å². The molecule has 0 radical (unpaired) electrons. The minimum absolute atomic E-state index is 0.0197. The number of fused-ring (bicyclic) bond motifs is 1. The van der Waals surface area contributed by atoms with Crippen molar-refractivity contribution in [2.45, 2.75) is 63.6 Å². The maximum Gasteiger partial charge on any atom is 0.269 e. The van der Waals surface area contributed by atoms with Gasteiger partial charge in [-0.15, -0.1) is 11.3 Å². The number of anilines is 1. The first-order chi connectivity index (χ1) is 14.2. The molecule has 1 atom stereocenters. The van der Waals surface area contributed by atoms with E-state index in [0.717, 1.165) is 70.5 Å². The quantitative estimate of drug-likeness (QED) is 0.823. The van der Waals surface area contributed by atoms with Crippen LogP contribution < -0.4 is 10.5 Å². The monoisotopic (exact) mass is 415 g/mol. The first kappa shape index (κ1) is 19.2. The smallest absolute Gasteiger partial charge is 0.269 e. The average Bonchev–Trinajstić information content (AvgIpc) is 3.30. The third-order valence-electron chi connectivity index (χ3n) is 6.47. The highest BCUT2D eigenvalue weighted by molar-refractivity contribution is 7.11. The molecule has 2 aromatic heterocycles. The summed E-state index contributed by atoms with van der Waals surface area (Å²) >= 11 is 1.87. The second-order valence-corrected chi connectivity index (χ2v) is 9.75. The number of nitrogens with zero attached hydrogens (tertiary/aromatic N) is 5. The predicted molar refractivity (Wildman–Crippen MR) is 114 cm³/mol. The third kappa shape index (κ3) is 4.11. The highest BCUT2D eigenvalue weighted by Gasteiger charge is 2.26. The Labute approximate surface area is 175 Å². The fraction of sp³-hybridized carbons (Fsp3) is 0.667. The molecule has 2 fully saturated rings. The van der Waals surface area contributed by atoms with E-state index in [0.29, 0.717) is 0 Å². The number of thiazole rings is 1. The molecule has 7 nitrogen and oxygen atoms in total. The van der Waals surface area contributed by atoms with E-state index in [1.807, 2.05) is 17.5 Å². The summed E-state index contributed by atoms with van der Waals surface area (Å²) in [6, 6.07) is 1.84. The van der Waals surface area contributed by atoms with Crippen molar-refractivity contribution < 1.29 is 5.11 Å². The number of piperidine rings is 2. The van der Waals surface area contributed by atoms with Crippen LogP contribution in [0.25, 0.3) is 0 Å². The van der Waals surface area contributed by atoms with E-state index in [2.05, 4.69) is 14.9 Å². The zero-order valence-electron chi connectivity index (χ0n) is 16.8. The highest BCUT2D eigenvalue weighted by Crippen LogP contribution is 2.29. The zero-order valence-corrected chi connectivity index (χ0v) is 17.6. The van der Waals surface area contributed by atoms with Crippen molar-refractivity contribution in [2.75, 3.05) is 31.1 Å². The number of aliphatic hydroxyl groups is 1. The minimum atomic E-state index is -0.216. The second kappa shape index (κ2) is 8.16. The maximum absolute atomic E-state index is 12.8. The van der Waals surface area contributed by atoms with Gasteiger partial charge in [0, 0.05) is 30.6 Å². The van der Waals surface area contributed by atoms with Gasteiger partial charge in [0.05, 0.1) is 36.3 Å². The molecule has 156 valence electrons. The number of likely N-dealkylation sites (tertiary alicyclic amines) is 1. The Morgan fingerprint density at radius 2 is 2.00 bits per heavy atom. The molecule has 5 rings (SSSR count). The van der Waals surface area contributed by atoms with Crippen LogP contribution in [0, 0.1) is 0 Å². The predicted octanol–water partition coefficient (Wildman–Crippen LogP) is 1.99. The molecule has 0 unspecified atom stereocenters. The number of aryl methyl sites for hydroxylation is 2. The highest BCUT2D eigenvalue weighted by atomic mass is 32.1. The van der Waals surface area contributed by atoms with Crippen molar-refractivity contribution in [3.63, 3.8) is 0 Å². The van der Waals surface area contributed by atoms with Crippen molar-refractivity contribution in [1.82, 2.24) is 19.7 Å². The molecular formula is C21H29N5O2S. The summed E-state index contributed by atoms with van der Waals surface area (Å²) in [5.41, 5.74) is 2.18. The van der Waals surface area contributed by atoms with Crippen molar-refractivity contribution in [3.8, 4) is 0 Å². The molecule has 2 saturated heterocycles. The van der Waals surface area contributed by atoms with Crippen molar-refractivity contribution >= 4 is 17.0 Å². The number of rotatable bonds is 4. The zero-order chi connectivity index (χ0) is 19.8. The topological polar surface area (TPSA) is 74.5 Å². The fourth-order valence-electron chi connectivity index (χ4n) is 4.86. The van der Waals surface area contributed by atoms with Gasteiger partial charge in [-0.25, -0.2) is 9.67 Å². The van der Waals surface area contributed by atoms with Gasteiger partial charge >= 0.3 is 0 Å². The normalized spacial score (nSPS) is 23.5. The lowest BCUT2D eigenvalue weighted by Gasteiger charge is -2.33. The van der Waals surface area contributed by atoms with Gasteiger partial charge in [-0.1, -0.05) is 0 Å². The summed E-state index contributed by atoms with van der Waals surface area (Å²) in [5, 5.41) is 15.4. The van der Waals surface area contributed by atoms with Gasteiger partial charge in [-0.2, -0.15) is 5.10 Å². The lowest BCUT2D eigenvalue weighted by Crippen LogP contribution is -2.41. The molecule has 8 heteroatoms. The Morgan fingerprint density at radius 1 is 1.14 bits per heavy atom. The number of aromatic nitrogens is 3. The fourth-order valence-corrected chi connectivity index (χ4v) is 6.06. The molecule has 29 heavy (non-hydrogen) atoms. The van der Waals surface area contributed by atoms with Gasteiger partial charge in [0.25, 0.3) is 5.56 Å². The van der Waals surface area contributed by atoms with Crippen LogP contribution in [-0.4, -0.2) is 57.1 Å². The first-order valence-electron chi connectivity index (χ1n) is 10.9. The van der Waals surface area contributed by atoms with Gasteiger partial charge in [-0.3, -0.25) is 9.69 Å². The molecule has 2 aromatic rings. The van der Waals surface area contributed by atoms with E-state index < -0.39 is 0 Å². The summed E-state index contributed by atoms with van der Waals surface area (Å²) in [4.78, 5) is 23.7. The molecule has 0 amide bonds. The molecule has 1 aliphatic carbocycles. The van der Waals surface area contributed by atoms with Gasteiger partial charge in [-0.05, 0) is 51.5 Å². The molecule has 0 aromatic carbocycles. The summed E-state index contributed by atoms with van der Waals surface area (Å²) in [6.45, 7) is 4.36. The van der Waals surface area contributed by atoms with Crippen LogP contribution >= 0.6 is 11.3 Å². The third-order valence-corrected chi connectivity index (χ3v) is 7.61. The molecule has 0 spiro atoms. The summed E-state index contributed by atoms with van der Waals surface area (Å²) in [7, 11) is 0. The Bertz CT molecular complexity index is 897. The summed E-state index contributed by atoms with van der Waals surface area (Å²) in [5.74, 6) is 0. The molecule has 3 aliphatic rings. The van der Waals surface area contributed by atoms with Crippen LogP contribution in [-0.2, 0) is 19.4 Å². The van der Waals surface area contributed by atoms with E-state index in [4.69, 9.17) is 4.98 Å². The Kier molecular flexibility index (Phi) is 5.41. The van der Waals surface area contributed by atoms with Gasteiger partial charge in [0.15, 0.2) is 0 Å². The first-order valence-corrected chi connectivity index (χ1v) is 11.7. The molecule has 4 heterocycles. The number of aliphatic hydroxyl groups excluding tert-OH is 1. The lowest BCUT2D eigenvalue weighted by atomic mass is 10.1. The van der Waals surface area contributed by atoms with E-state index in [1.54, 1.807) is 10.7 Å². The Hall–Kier alpha value is -1.77. The minimum Gasteiger partial charge on any atom is -0.393 e. The van der Waals surface area contributed by atoms with Crippen molar-refractivity contribution in [2.24, 2.45) is 0 Å². The van der Waals surface area contributed by atoms with E-state index in [1.165, 1.54) is 28.4 Å². The number of hydrogen-bond acceptors (Lipinski definition) is 7. The SMILES string of the molecule is O=c1cc(N2CCC(O)CC2)cnn1[C@H]1CCCN(Cc2nc3c(s2)CCC3)C1. The van der Waals surface area contributed by atoms with Gasteiger partial charge in [0.2, 0.25) is 0 Å². The van der Waals surface area contributed by atoms with Crippen LogP contribution in [0.3, 0.4) is 0 Å². The van der Waals surface area contributed by atoms with E-state index in [-0.39, 0.29) is 17.7 Å². The van der Waals surface area contributed by atoms with Gasteiger partial charge < -0.3 is 10.0 Å². The van der Waals surface area contributed by atoms with Crippen LogP contribution in [0.2, 0.25) is 0 Å². The average molecular weight is 416 g/mol. The van der Waals surface area contributed by atoms with E-state index >= 15 is 0 Å². The largest absolute Gasteiger partial charge is 0.393 e. The van der Waals surface area contributed by atoms with Gasteiger partial charge in [0.1, 0.15) is 5.01 Å². The van der Waals surface area contributed by atoms with Crippen LogP contribution in [0.4, 0.5) is 5.69 Å². The second-order valence-electron chi connectivity index (χ2n) is 8.58. The number of hydrogen-bond donors (Lipinski definition) is 1. The van der Waals surface area contributed by atoms with Crippen molar-refractivity contribution in [3.05, 3.63) is 38.2 Å². The Balaban J connectivity index is 1.25. The van der Waals surface area contributed by atoms with Crippen molar-refractivity contribution in [1.29, 1.82) is 0 Å².